The molecule has 0 aromatic heterocycles. The molecule has 1 unspecified atom stereocenters. The maximum Gasteiger partial charge on any atom is 0.333 e. The van der Waals surface area contributed by atoms with Crippen LogP contribution in [0.2, 0.25) is 0 Å². The van der Waals surface area contributed by atoms with Gasteiger partial charge in [-0.3, -0.25) is 9.69 Å². The second-order valence-corrected chi connectivity index (χ2v) is 4.36. The van der Waals surface area contributed by atoms with E-state index < -0.39 is 30.6 Å². The molecule has 1 atom stereocenters. The first-order chi connectivity index (χ1) is 10.4. The Morgan fingerprint density at radius 1 is 1.23 bits per heavy atom. The number of amides is 2. The van der Waals surface area contributed by atoms with Crippen LogP contribution in [0.3, 0.4) is 0 Å². The minimum Gasteiger partial charge on any atom is -0.467 e. The first-order valence-electron chi connectivity index (χ1n) is 6.55. The number of benzene rings is 1. The summed E-state index contributed by atoms with van der Waals surface area (Å²) < 4.78 is 9.48. The van der Waals surface area contributed by atoms with Gasteiger partial charge in [0.1, 0.15) is 6.54 Å². The van der Waals surface area contributed by atoms with Gasteiger partial charge in [-0.05, 0) is 24.6 Å². The number of methoxy groups -OCH3 is 1. The number of hydrogen-bond donors (Lipinski definition) is 2. The number of carbonyl (C=O) groups is 3. The third-order valence-electron chi connectivity index (χ3n) is 2.88. The summed E-state index contributed by atoms with van der Waals surface area (Å²) >= 11 is 0. The highest BCUT2D eigenvalue weighted by molar-refractivity contribution is 5.87. The number of carbonyl (C=O) groups excluding carboxylic acids is 3. The van der Waals surface area contributed by atoms with Crippen molar-refractivity contribution in [1.29, 1.82) is 0 Å². The molecule has 1 rings (SSSR count). The van der Waals surface area contributed by atoms with Crippen molar-refractivity contribution in [3.63, 3.8) is 0 Å². The van der Waals surface area contributed by atoms with Crippen LogP contribution in [0, 0.1) is 0 Å². The molecule has 22 heavy (non-hydrogen) atoms. The summed E-state index contributed by atoms with van der Waals surface area (Å²) in [6.07, 6.45) is 0. The Balaban J connectivity index is 3.15. The zero-order chi connectivity index (χ0) is 16.7. The molecule has 1 aromatic rings. The van der Waals surface area contributed by atoms with E-state index in [-0.39, 0.29) is 6.61 Å². The lowest BCUT2D eigenvalue weighted by Crippen LogP contribution is -2.45. The van der Waals surface area contributed by atoms with Crippen LogP contribution in [0.5, 0.6) is 0 Å². The minimum atomic E-state index is -1.16. The van der Waals surface area contributed by atoms with Gasteiger partial charge in [-0.25, -0.2) is 9.59 Å². The Hall–Kier alpha value is -2.77. The maximum atomic E-state index is 12.0. The van der Waals surface area contributed by atoms with Crippen molar-refractivity contribution in [3.8, 4) is 0 Å². The monoisotopic (exact) mass is 309 g/mol. The first kappa shape index (κ1) is 17.3. The number of nitrogens with two attached hydrogens (primary N) is 2. The van der Waals surface area contributed by atoms with Crippen LogP contribution in [-0.4, -0.2) is 43.1 Å². The van der Waals surface area contributed by atoms with Gasteiger partial charge in [0, 0.05) is 5.69 Å². The fourth-order valence-electron chi connectivity index (χ4n) is 1.88. The molecule has 0 fully saturated rings. The van der Waals surface area contributed by atoms with E-state index in [9.17, 15) is 14.4 Å². The molecule has 0 bridgehead atoms. The molecule has 1 aromatic carbocycles. The zero-order valence-corrected chi connectivity index (χ0v) is 12.4. The molecule has 0 aliphatic carbocycles. The first-order valence-corrected chi connectivity index (χ1v) is 6.55. The largest absolute Gasteiger partial charge is 0.467 e. The number of nitrogens with zero attached hydrogens (tertiary/aromatic N) is 1. The highest BCUT2D eigenvalue weighted by Crippen LogP contribution is 2.23. The second-order valence-electron chi connectivity index (χ2n) is 4.36. The van der Waals surface area contributed by atoms with Gasteiger partial charge in [-0.1, -0.05) is 12.1 Å². The average molecular weight is 309 g/mol. The Bertz CT molecular complexity index is 544. The van der Waals surface area contributed by atoms with Crippen molar-refractivity contribution >= 4 is 23.7 Å². The van der Waals surface area contributed by atoms with Crippen LogP contribution in [0.15, 0.2) is 24.3 Å². The molecule has 8 nitrogen and oxygen atoms in total. The van der Waals surface area contributed by atoms with Crippen molar-refractivity contribution in [2.75, 3.05) is 26.0 Å². The summed E-state index contributed by atoms with van der Waals surface area (Å²) in [5.41, 5.74) is 11.8. The van der Waals surface area contributed by atoms with Gasteiger partial charge in [0.15, 0.2) is 6.04 Å². The van der Waals surface area contributed by atoms with Crippen molar-refractivity contribution < 1.29 is 23.9 Å². The molecule has 0 saturated heterocycles. The molecule has 0 radical (unpaired) electrons. The van der Waals surface area contributed by atoms with Crippen molar-refractivity contribution in [2.45, 2.75) is 13.0 Å². The number of hydrogen-bond acceptors (Lipinski definition) is 6. The highest BCUT2D eigenvalue weighted by Gasteiger charge is 2.33. The van der Waals surface area contributed by atoms with E-state index >= 15 is 0 Å². The number of ether oxygens (including phenoxy) is 2. The molecule has 0 saturated carbocycles. The lowest BCUT2D eigenvalue weighted by atomic mass is 10.0. The minimum absolute atomic E-state index is 0.149. The molecule has 0 aliphatic heterocycles. The van der Waals surface area contributed by atoms with Crippen molar-refractivity contribution in [3.05, 3.63) is 29.8 Å². The number of primary amides is 1. The molecule has 4 N–H and O–H groups in total. The van der Waals surface area contributed by atoms with E-state index in [1.807, 2.05) is 0 Å². The van der Waals surface area contributed by atoms with E-state index in [0.717, 1.165) is 4.90 Å². The van der Waals surface area contributed by atoms with Gasteiger partial charge in [0.05, 0.1) is 13.7 Å². The lowest BCUT2D eigenvalue weighted by molar-refractivity contribution is -0.149. The summed E-state index contributed by atoms with van der Waals surface area (Å²) in [5.74, 6) is -1.40. The van der Waals surface area contributed by atoms with Gasteiger partial charge in [0.25, 0.3) is 0 Å². The fourth-order valence-corrected chi connectivity index (χ4v) is 1.88. The van der Waals surface area contributed by atoms with Crippen molar-refractivity contribution in [1.82, 2.24) is 4.90 Å². The molecular formula is C14H19N3O5. The van der Waals surface area contributed by atoms with Crippen LogP contribution in [0.25, 0.3) is 0 Å². The quantitative estimate of drug-likeness (QED) is 0.579. The van der Waals surface area contributed by atoms with E-state index in [4.69, 9.17) is 20.9 Å². The van der Waals surface area contributed by atoms with Gasteiger partial charge in [-0.15, -0.1) is 0 Å². The normalized spacial score (nSPS) is 11.4. The summed E-state index contributed by atoms with van der Waals surface area (Å²) in [5, 5.41) is 0. The second kappa shape index (κ2) is 7.87. The smallest absolute Gasteiger partial charge is 0.333 e. The van der Waals surface area contributed by atoms with Gasteiger partial charge in [0.2, 0.25) is 0 Å². The summed E-state index contributed by atoms with van der Waals surface area (Å²) in [7, 11) is 1.18. The zero-order valence-electron chi connectivity index (χ0n) is 12.4. The van der Waals surface area contributed by atoms with E-state index in [1.165, 1.54) is 7.11 Å². The van der Waals surface area contributed by atoms with Gasteiger partial charge < -0.3 is 20.9 Å². The van der Waals surface area contributed by atoms with E-state index in [1.54, 1.807) is 31.2 Å². The number of rotatable bonds is 6. The third-order valence-corrected chi connectivity index (χ3v) is 2.88. The molecule has 0 aliphatic rings. The van der Waals surface area contributed by atoms with E-state index in [0.29, 0.717) is 11.3 Å². The number of esters is 2. The number of nitrogen functional groups attached to an aromatic ring is 1. The molecule has 120 valence electrons. The van der Waals surface area contributed by atoms with Crippen LogP contribution >= 0.6 is 0 Å². The lowest BCUT2D eigenvalue weighted by Gasteiger charge is -2.27. The van der Waals surface area contributed by atoms with Crippen molar-refractivity contribution in [2.24, 2.45) is 5.73 Å². The number of anilines is 1. The van der Waals surface area contributed by atoms with Crippen LogP contribution in [0.4, 0.5) is 10.5 Å². The highest BCUT2D eigenvalue weighted by atomic mass is 16.5. The standard InChI is InChI=1S/C14H19N3O5/c1-3-22-11(18)8-17(14(16)20)12(13(19)21-2)9-4-6-10(15)7-5-9/h4-7,12H,3,8,15H2,1-2H3,(H2,16,20). The molecule has 8 heteroatoms. The summed E-state index contributed by atoms with van der Waals surface area (Å²) in [4.78, 5) is 36.2. The third kappa shape index (κ3) is 4.37. The Labute approximate surface area is 128 Å². The summed E-state index contributed by atoms with van der Waals surface area (Å²) in [6, 6.07) is 4.13. The SMILES string of the molecule is CCOC(=O)CN(C(N)=O)C(C(=O)OC)c1ccc(N)cc1. The van der Waals surface area contributed by atoms with Crippen LogP contribution in [-0.2, 0) is 19.1 Å². The predicted octanol–water partition coefficient (Wildman–Crippen LogP) is 0.427. The molecule has 0 spiro atoms. The Morgan fingerprint density at radius 3 is 2.27 bits per heavy atom. The number of urea groups is 1. The maximum absolute atomic E-state index is 12.0. The average Bonchev–Trinajstić information content (AvgIpc) is 2.48. The van der Waals surface area contributed by atoms with Crippen LogP contribution < -0.4 is 11.5 Å². The van der Waals surface area contributed by atoms with Gasteiger partial charge >= 0.3 is 18.0 Å². The van der Waals surface area contributed by atoms with Gasteiger partial charge in [-0.2, -0.15) is 0 Å². The summed E-state index contributed by atoms with van der Waals surface area (Å²) in [6.45, 7) is 1.31. The molecule has 2 amide bonds. The topological polar surface area (TPSA) is 125 Å². The predicted molar refractivity (Wildman–Crippen MR) is 78.5 cm³/mol. The fraction of sp³-hybridized carbons (Fsp3) is 0.357. The molecular weight excluding hydrogens is 290 g/mol. The Kier molecular flexibility index (Phi) is 6.18. The Morgan fingerprint density at radius 2 is 1.82 bits per heavy atom. The molecule has 0 heterocycles. The van der Waals surface area contributed by atoms with Crippen LogP contribution in [0.1, 0.15) is 18.5 Å². The van der Waals surface area contributed by atoms with E-state index in [2.05, 4.69) is 0 Å².